The zero-order valence-corrected chi connectivity index (χ0v) is 13.5. The molecule has 2 aromatic rings. The summed E-state index contributed by atoms with van der Waals surface area (Å²) in [5.41, 5.74) is 0.0588. The third kappa shape index (κ3) is 3.51. The van der Waals surface area contributed by atoms with Crippen LogP contribution in [0.5, 0.6) is 0 Å². The molecule has 0 spiro atoms. The van der Waals surface area contributed by atoms with Gasteiger partial charge in [-0.25, -0.2) is 0 Å². The molecule has 1 aromatic heterocycles. The quantitative estimate of drug-likeness (QED) is 0.808. The van der Waals surface area contributed by atoms with Gasteiger partial charge in [0.15, 0.2) is 0 Å². The molecule has 8 heteroatoms. The summed E-state index contributed by atoms with van der Waals surface area (Å²) in [5.74, 6) is 0.238. The minimum atomic E-state index is -0.775. The Hall–Kier alpha value is -2.40. The Bertz CT molecular complexity index is 736. The summed E-state index contributed by atoms with van der Waals surface area (Å²) in [6.45, 7) is 1.78. The summed E-state index contributed by atoms with van der Waals surface area (Å²) in [6, 6.07) is 11.7. The predicted octanol–water partition coefficient (Wildman–Crippen LogP) is 1.56. The number of para-hydroxylation sites is 1. The number of aromatic nitrogens is 4. The fourth-order valence-electron chi connectivity index (χ4n) is 2.34. The fraction of sp³-hybridized carbons (Fsp3) is 0.400. The molecule has 0 bridgehead atoms. The molecule has 3 rings (SSSR count). The second-order valence-corrected chi connectivity index (χ2v) is 6.58. The van der Waals surface area contributed by atoms with E-state index in [2.05, 4.69) is 26.9 Å². The number of hydrogen-bond donors (Lipinski definition) is 1. The number of hydrogen-bond acceptors (Lipinski definition) is 6. The average molecular weight is 328 g/mol. The van der Waals surface area contributed by atoms with Gasteiger partial charge in [-0.2, -0.15) is 9.94 Å². The van der Waals surface area contributed by atoms with Crippen molar-refractivity contribution in [3.05, 3.63) is 30.3 Å². The molecule has 1 aromatic carbocycles. The summed E-state index contributed by atoms with van der Waals surface area (Å²) < 4.78 is 1.59. The summed E-state index contributed by atoms with van der Waals surface area (Å²) in [5, 5.41) is 24.2. The van der Waals surface area contributed by atoms with Gasteiger partial charge in [-0.15, -0.1) is 5.10 Å². The van der Waals surface area contributed by atoms with E-state index in [1.165, 1.54) is 11.8 Å². The number of nitrogens with one attached hydrogen (secondary N) is 1. The van der Waals surface area contributed by atoms with E-state index in [9.17, 15) is 10.1 Å². The molecular formula is C15H16N6OS. The van der Waals surface area contributed by atoms with Crippen molar-refractivity contribution < 1.29 is 4.79 Å². The minimum absolute atomic E-state index is 0.164. The van der Waals surface area contributed by atoms with E-state index in [4.69, 9.17) is 0 Å². The Morgan fingerprint density at radius 2 is 2.22 bits per heavy atom. The van der Waals surface area contributed by atoms with E-state index >= 15 is 0 Å². The highest BCUT2D eigenvalue weighted by molar-refractivity contribution is 7.99. The van der Waals surface area contributed by atoms with Crippen LogP contribution in [-0.4, -0.2) is 37.4 Å². The van der Waals surface area contributed by atoms with Crippen molar-refractivity contribution in [1.82, 2.24) is 25.5 Å². The molecule has 7 nitrogen and oxygen atoms in total. The number of amides is 1. The number of rotatable bonds is 6. The Kier molecular flexibility index (Phi) is 4.30. The van der Waals surface area contributed by atoms with Crippen molar-refractivity contribution in [3.8, 4) is 11.8 Å². The largest absolute Gasteiger partial charge is 0.337 e. The van der Waals surface area contributed by atoms with Gasteiger partial charge in [-0.3, -0.25) is 4.79 Å². The Morgan fingerprint density at radius 1 is 1.48 bits per heavy atom. The number of benzene rings is 1. The monoisotopic (exact) mass is 328 g/mol. The van der Waals surface area contributed by atoms with Crippen LogP contribution in [0.2, 0.25) is 0 Å². The second-order valence-electron chi connectivity index (χ2n) is 5.63. The van der Waals surface area contributed by atoms with Gasteiger partial charge in [-0.1, -0.05) is 30.0 Å². The average Bonchev–Trinajstić information content (AvgIpc) is 3.33. The van der Waals surface area contributed by atoms with Crippen LogP contribution < -0.4 is 5.32 Å². The normalized spacial score (nSPS) is 16.3. The highest BCUT2D eigenvalue weighted by Crippen LogP contribution is 2.39. The van der Waals surface area contributed by atoms with Gasteiger partial charge >= 0.3 is 0 Å². The fourth-order valence-corrected chi connectivity index (χ4v) is 3.03. The lowest BCUT2D eigenvalue weighted by atomic mass is 9.98. The van der Waals surface area contributed by atoms with Gasteiger partial charge in [0.05, 0.1) is 17.5 Å². The molecule has 1 saturated carbocycles. The molecule has 0 aliphatic heterocycles. The molecule has 1 amide bonds. The van der Waals surface area contributed by atoms with Crippen LogP contribution in [0.4, 0.5) is 0 Å². The van der Waals surface area contributed by atoms with Crippen LogP contribution in [0.15, 0.2) is 35.5 Å². The molecule has 1 atom stereocenters. The molecule has 23 heavy (non-hydrogen) atoms. The van der Waals surface area contributed by atoms with Crippen molar-refractivity contribution in [2.24, 2.45) is 5.92 Å². The summed E-state index contributed by atoms with van der Waals surface area (Å²) in [6.07, 6.45) is 1.98. The highest BCUT2D eigenvalue weighted by Gasteiger charge is 2.42. The van der Waals surface area contributed by atoms with Gasteiger partial charge in [0.2, 0.25) is 11.1 Å². The third-order valence-corrected chi connectivity index (χ3v) is 4.72. The molecule has 1 aliphatic carbocycles. The van der Waals surface area contributed by atoms with Crippen molar-refractivity contribution in [2.75, 3.05) is 5.75 Å². The first-order valence-electron chi connectivity index (χ1n) is 7.31. The standard InChI is InChI=1S/C15H16N6OS/c1-15(10-16,11-7-8-11)17-13(22)9-23-14-18-19-20-21(14)12-5-3-2-4-6-12/h2-6,11H,7-9H2,1H3,(H,17,22). The number of carbonyl (C=O) groups is 1. The second kappa shape index (κ2) is 6.38. The lowest BCUT2D eigenvalue weighted by Crippen LogP contribution is -2.47. The van der Waals surface area contributed by atoms with Crippen LogP contribution in [-0.2, 0) is 4.79 Å². The minimum Gasteiger partial charge on any atom is -0.337 e. The van der Waals surface area contributed by atoms with Gasteiger partial charge in [-0.05, 0) is 48.2 Å². The zero-order valence-electron chi connectivity index (χ0n) is 12.6. The van der Waals surface area contributed by atoms with E-state index in [0.29, 0.717) is 5.16 Å². The maximum atomic E-state index is 12.1. The first-order valence-corrected chi connectivity index (χ1v) is 8.30. The molecule has 1 aliphatic rings. The first kappa shape index (κ1) is 15.5. The molecular weight excluding hydrogens is 312 g/mol. The topological polar surface area (TPSA) is 96.5 Å². The van der Waals surface area contributed by atoms with E-state index < -0.39 is 5.54 Å². The summed E-state index contributed by atoms with van der Waals surface area (Å²) >= 11 is 1.25. The van der Waals surface area contributed by atoms with Gasteiger partial charge in [0, 0.05) is 0 Å². The Labute approximate surface area is 138 Å². The Morgan fingerprint density at radius 3 is 2.87 bits per heavy atom. The van der Waals surface area contributed by atoms with Crippen LogP contribution in [0, 0.1) is 17.2 Å². The maximum Gasteiger partial charge on any atom is 0.231 e. The van der Waals surface area contributed by atoms with E-state index in [-0.39, 0.29) is 17.6 Å². The molecule has 1 N–H and O–H groups in total. The molecule has 1 heterocycles. The van der Waals surface area contributed by atoms with Gasteiger partial charge in [0.1, 0.15) is 5.54 Å². The lowest BCUT2D eigenvalue weighted by Gasteiger charge is -2.22. The van der Waals surface area contributed by atoms with Crippen molar-refractivity contribution in [1.29, 1.82) is 5.26 Å². The molecule has 1 unspecified atom stereocenters. The van der Waals surface area contributed by atoms with Crippen molar-refractivity contribution in [3.63, 3.8) is 0 Å². The third-order valence-electron chi connectivity index (χ3n) is 3.80. The smallest absolute Gasteiger partial charge is 0.231 e. The molecule has 0 radical (unpaired) electrons. The molecule has 118 valence electrons. The van der Waals surface area contributed by atoms with Crippen LogP contribution >= 0.6 is 11.8 Å². The lowest BCUT2D eigenvalue weighted by molar-refractivity contribution is -0.119. The van der Waals surface area contributed by atoms with Crippen molar-refractivity contribution >= 4 is 17.7 Å². The van der Waals surface area contributed by atoms with E-state index in [0.717, 1.165) is 18.5 Å². The number of carbonyl (C=O) groups excluding carboxylic acids is 1. The Balaban J connectivity index is 1.62. The van der Waals surface area contributed by atoms with Gasteiger partial charge < -0.3 is 5.32 Å². The number of nitriles is 1. The van der Waals surface area contributed by atoms with Crippen molar-refractivity contribution in [2.45, 2.75) is 30.5 Å². The van der Waals surface area contributed by atoms with Crippen LogP contribution in [0.3, 0.4) is 0 Å². The first-order chi connectivity index (χ1) is 11.1. The maximum absolute atomic E-state index is 12.1. The van der Waals surface area contributed by atoms with E-state index in [1.54, 1.807) is 11.6 Å². The number of thioether (sulfide) groups is 1. The summed E-state index contributed by atoms with van der Waals surface area (Å²) in [7, 11) is 0. The number of tetrazole rings is 1. The molecule has 0 saturated heterocycles. The molecule has 1 fully saturated rings. The van der Waals surface area contributed by atoms with Gasteiger partial charge in [0.25, 0.3) is 0 Å². The predicted molar refractivity (Wildman–Crippen MR) is 84.8 cm³/mol. The highest BCUT2D eigenvalue weighted by atomic mass is 32.2. The van der Waals surface area contributed by atoms with Crippen LogP contribution in [0.25, 0.3) is 5.69 Å². The van der Waals surface area contributed by atoms with E-state index in [1.807, 2.05) is 30.3 Å². The van der Waals surface area contributed by atoms with Crippen LogP contribution in [0.1, 0.15) is 19.8 Å². The zero-order chi connectivity index (χ0) is 16.3. The SMILES string of the molecule is CC(C#N)(NC(=O)CSc1nnnn1-c1ccccc1)C1CC1. The number of nitrogens with zero attached hydrogens (tertiary/aromatic N) is 5. The summed E-state index contributed by atoms with van der Waals surface area (Å²) in [4.78, 5) is 12.1.